The lowest BCUT2D eigenvalue weighted by Gasteiger charge is -2.59. The summed E-state index contributed by atoms with van der Waals surface area (Å²) >= 11 is 1.41. The maximum Gasteiger partial charge on any atom is 0.508 e. The Hall–Kier alpha value is -2.74. The molecule has 0 saturated heterocycles. The number of carbonyl (C=O) groups excluding carboxylic acids is 5. The van der Waals surface area contributed by atoms with Crippen molar-refractivity contribution in [2.75, 3.05) is 24.7 Å². The quantitative estimate of drug-likeness (QED) is 0.0867. The highest BCUT2D eigenvalue weighted by molar-refractivity contribution is 7.99. The van der Waals surface area contributed by atoms with E-state index in [4.69, 9.17) is 19.9 Å². The van der Waals surface area contributed by atoms with Crippen LogP contribution in [0.2, 0.25) is 0 Å². The van der Waals surface area contributed by atoms with E-state index >= 15 is 0 Å². The lowest BCUT2D eigenvalue weighted by Crippen LogP contribution is -2.61. The van der Waals surface area contributed by atoms with Crippen LogP contribution in [0, 0.1) is 28.6 Å². The van der Waals surface area contributed by atoms with Crippen LogP contribution in [-0.4, -0.2) is 89.0 Å². The average Bonchev–Trinajstić information content (AvgIpc) is 3.27. The standard InChI is InChI=1S/C33H48N2O10S/c1-20(34)4-7-27(40)35-28(45-19-36)10-14-46-15-13-43-30(41)44-18-26(39)33(42)12-9-24-23-6-5-21-16-22(37)8-11-31(21,2)29(23)25(38)17-32(24,33)3/h8,11,16,19-20,23-25,28-29,38,42H,4-7,9-10,12-15,17-18,34H2,1-3H3,(H,35,40). The Balaban J connectivity index is 1.21. The molecule has 9 atom stereocenters. The minimum atomic E-state index is -1.76. The molecular weight excluding hydrogens is 616 g/mol. The molecule has 0 radical (unpaired) electrons. The van der Waals surface area contributed by atoms with Crippen LogP contribution in [0.15, 0.2) is 23.8 Å². The van der Waals surface area contributed by atoms with Gasteiger partial charge in [-0.1, -0.05) is 25.5 Å². The summed E-state index contributed by atoms with van der Waals surface area (Å²) in [6, 6.07) is -0.115. The first-order chi connectivity index (χ1) is 21.7. The summed E-state index contributed by atoms with van der Waals surface area (Å²) < 4.78 is 15.1. The number of aliphatic hydroxyl groups is 2. The van der Waals surface area contributed by atoms with Crippen LogP contribution in [0.25, 0.3) is 0 Å². The zero-order valence-electron chi connectivity index (χ0n) is 26.9. The highest BCUT2D eigenvalue weighted by Gasteiger charge is 2.68. The number of aliphatic hydroxyl groups excluding tert-OH is 1. The number of hydrogen-bond acceptors (Lipinski definition) is 12. The van der Waals surface area contributed by atoms with Crippen molar-refractivity contribution in [3.63, 3.8) is 0 Å². The highest BCUT2D eigenvalue weighted by Crippen LogP contribution is 2.67. The van der Waals surface area contributed by atoms with Gasteiger partial charge in [-0.2, -0.15) is 11.8 Å². The molecule has 4 aliphatic rings. The van der Waals surface area contributed by atoms with E-state index < -0.39 is 47.3 Å². The van der Waals surface area contributed by atoms with Crippen molar-refractivity contribution in [1.29, 1.82) is 0 Å². The molecule has 9 unspecified atom stereocenters. The predicted octanol–water partition coefficient (Wildman–Crippen LogP) is 2.58. The van der Waals surface area contributed by atoms with E-state index in [9.17, 15) is 34.2 Å². The lowest BCUT2D eigenvalue weighted by molar-refractivity contribution is -0.178. The van der Waals surface area contributed by atoms with E-state index in [1.165, 1.54) is 11.8 Å². The number of nitrogens with two attached hydrogens (primary N) is 1. The molecular formula is C33H48N2O10S. The van der Waals surface area contributed by atoms with Gasteiger partial charge in [0.25, 0.3) is 6.47 Å². The van der Waals surface area contributed by atoms with Crippen LogP contribution in [0.5, 0.6) is 0 Å². The maximum absolute atomic E-state index is 13.4. The van der Waals surface area contributed by atoms with E-state index in [0.29, 0.717) is 30.8 Å². The average molecular weight is 665 g/mol. The van der Waals surface area contributed by atoms with Gasteiger partial charge in [0.2, 0.25) is 11.7 Å². The minimum absolute atomic E-state index is 0.00616. The molecule has 256 valence electrons. The molecule has 0 aliphatic heterocycles. The van der Waals surface area contributed by atoms with E-state index in [2.05, 4.69) is 12.2 Å². The summed E-state index contributed by atoms with van der Waals surface area (Å²) in [4.78, 5) is 60.4. The van der Waals surface area contributed by atoms with Crippen LogP contribution < -0.4 is 11.1 Å². The smallest absolute Gasteiger partial charge is 0.444 e. The van der Waals surface area contributed by atoms with Gasteiger partial charge in [-0.05, 0) is 75.2 Å². The normalized spacial score (nSPS) is 34.2. The third-order valence-corrected chi connectivity index (χ3v) is 11.8. The fourth-order valence-electron chi connectivity index (χ4n) is 8.40. The Kier molecular flexibility index (Phi) is 11.8. The molecule has 1 amide bonds. The van der Waals surface area contributed by atoms with Crippen molar-refractivity contribution in [2.24, 2.45) is 34.3 Å². The second-order valence-corrected chi connectivity index (χ2v) is 14.9. The molecule has 0 bridgehead atoms. The highest BCUT2D eigenvalue weighted by atomic mass is 32.2. The summed E-state index contributed by atoms with van der Waals surface area (Å²) in [5, 5.41) is 25.9. The SMILES string of the molecule is CC(N)CCC(=O)NC(CCSCCOC(=O)OCC(=O)C1(O)CCC2C3CCC4=CC(=O)C=CC4(C)C3C(O)CC21C)OC=O. The first-order valence-corrected chi connectivity index (χ1v) is 17.3. The van der Waals surface area contributed by atoms with Gasteiger partial charge in [0.15, 0.2) is 18.6 Å². The fraction of sp³-hybridized carbons (Fsp3) is 0.727. The summed E-state index contributed by atoms with van der Waals surface area (Å²) in [5.74, 6) is -0.0651. The van der Waals surface area contributed by atoms with Crippen LogP contribution in [0.3, 0.4) is 0 Å². The Morgan fingerprint density at radius 3 is 2.67 bits per heavy atom. The fourth-order valence-corrected chi connectivity index (χ4v) is 9.19. The number of thioether (sulfide) groups is 1. The number of Topliss-reactive ketones (excluding diaryl/α,β-unsaturated/α-hetero) is 1. The van der Waals surface area contributed by atoms with E-state index in [0.717, 1.165) is 18.4 Å². The summed E-state index contributed by atoms with van der Waals surface area (Å²) in [6.45, 7) is 5.37. The topological polar surface area (TPSA) is 192 Å². The van der Waals surface area contributed by atoms with Crippen LogP contribution in [-0.2, 0) is 33.4 Å². The van der Waals surface area contributed by atoms with Gasteiger partial charge in [-0.15, -0.1) is 0 Å². The largest absolute Gasteiger partial charge is 0.508 e. The zero-order chi connectivity index (χ0) is 33.7. The molecule has 4 aliphatic carbocycles. The summed E-state index contributed by atoms with van der Waals surface area (Å²) in [6.07, 6.45) is 6.24. The molecule has 4 rings (SSSR count). The molecule has 0 heterocycles. The van der Waals surface area contributed by atoms with Gasteiger partial charge >= 0.3 is 6.16 Å². The Morgan fingerprint density at radius 1 is 1.20 bits per heavy atom. The van der Waals surface area contributed by atoms with Gasteiger partial charge < -0.3 is 35.5 Å². The van der Waals surface area contributed by atoms with Crippen molar-refractivity contribution >= 4 is 41.9 Å². The van der Waals surface area contributed by atoms with E-state index in [1.807, 2.05) is 13.0 Å². The van der Waals surface area contributed by atoms with Crippen molar-refractivity contribution in [3.05, 3.63) is 23.8 Å². The molecule has 0 spiro atoms. The Labute approximate surface area is 274 Å². The van der Waals surface area contributed by atoms with Crippen molar-refractivity contribution in [1.82, 2.24) is 5.32 Å². The van der Waals surface area contributed by atoms with Gasteiger partial charge in [-0.3, -0.25) is 19.2 Å². The second kappa shape index (κ2) is 15.0. The van der Waals surface area contributed by atoms with Crippen molar-refractivity contribution in [3.8, 4) is 0 Å². The van der Waals surface area contributed by atoms with Crippen LogP contribution in [0.1, 0.15) is 72.1 Å². The summed E-state index contributed by atoms with van der Waals surface area (Å²) in [7, 11) is 0. The first-order valence-electron chi connectivity index (χ1n) is 16.1. The number of ether oxygens (including phenoxy) is 3. The molecule has 12 nitrogen and oxygen atoms in total. The molecule has 3 saturated carbocycles. The number of nitrogens with one attached hydrogen (secondary N) is 1. The van der Waals surface area contributed by atoms with Gasteiger partial charge in [-0.25, -0.2) is 4.79 Å². The molecule has 5 N–H and O–H groups in total. The number of amides is 1. The Morgan fingerprint density at radius 2 is 1.96 bits per heavy atom. The summed E-state index contributed by atoms with van der Waals surface area (Å²) in [5.41, 5.74) is 3.60. The molecule has 0 aromatic rings. The molecule has 13 heteroatoms. The third-order valence-electron chi connectivity index (χ3n) is 10.8. The number of rotatable bonds is 15. The molecule has 0 aromatic carbocycles. The monoisotopic (exact) mass is 664 g/mol. The van der Waals surface area contributed by atoms with Crippen LogP contribution >= 0.6 is 11.8 Å². The first kappa shape index (κ1) is 36.1. The number of fused-ring (bicyclic) bond motifs is 5. The van der Waals surface area contributed by atoms with Crippen molar-refractivity contribution in [2.45, 2.75) is 96.1 Å². The number of hydrogen-bond donors (Lipinski definition) is 4. The number of allylic oxidation sites excluding steroid dienone is 4. The third kappa shape index (κ3) is 7.53. The predicted molar refractivity (Wildman–Crippen MR) is 169 cm³/mol. The van der Waals surface area contributed by atoms with Gasteiger partial charge in [0.1, 0.15) is 12.2 Å². The van der Waals surface area contributed by atoms with Crippen LogP contribution in [0.4, 0.5) is 4.79 Å². The molecule has 46 heavy (non-hydrogen) atoms. The molecule has 3 fully saturated rings. The number of ketones is 2. The molecule has 0 aromatic heterocycles. The lowest BCUT2D eigenvalue weighted by atomic mass is 9.46. The minimum Gasteiger partial charge on any atom is -0.444 e. The number of carbonyl (C=O) groups is 5. The van der Waals surface area contributed by atoms with E-state index in [1.54, 1.807) is 19.1 Å². The zero-order valence-corrected chi connectivity index (χ0v) is 27.7. The Bertz CT molecular complexity index is 1240. The van der Waals surface area contributed by atoms with Gasteiger partial charge in [0, 0.05) is 41.4 Å². The van der Waals surface area contributed by atoms with Gasteiger partial charge in [0.05, 0.1) is 6.10 Å². The van der Waals surface area contributed by atoms with E-state index in [-0.39, 0.29) is 67.8 Å². The maximum atomic E-state index is 13.4. The van der Waals surface area contributed by atoms with Crippen molar-refractivity contribution < 1.29 is 48.4 Å². The second-order valence-electron chi connectivity index (χ2n) is 13.6.